The zero-order chi connectivity index (χ0) is 20.6. The van der Waals surface area contributed by atoms with Gasteiger partial charge in [0.05, 0.1) is 0 Å². The van der Waals surface area contributed by atoms with Crippen LogP contribution in [0.2, 0.25) is 78.6 Å². The first-order chi connectivity index (χ1) is 11.5. The van der Waals surface area contributed by atoms with Gasteiger partial charge in [0, 0.05) is 16.1 Å². The first-order valence-corrected chi connectivity index (χ1v) is 24.1. The predicted molar refractivity (Wildman–Crippen MR) is 132 cm³/mol. The molecule has 0 N–H and O–H groups in total. The van der Waals surface area contributed by atoms with Crippen molar-refractivity contribution in [2.24, 2.45) is 0 Å². The molecule has 2 rings (SSSR count). The van der Waals surface area contributed by atoms with Crippen molar-refractivity contribution in [2.45, 2.75) is 91.4 Å². The van der Waals surface area contributed by atoms with E-state index >= 15 is 0 Å². The standard InChI is InChI=1S/2C11H21Si2.2ClH.U/c2*1-12(2,3)10-8-7-9-11(10)13(4,5)6;;;/h2*8H,7H2,1-6H3;2*1H;/q2*-1;;;+4/p-2. The van der Waals surface area contributed by atoms with Crippen LogP contribution in [-0.2, 0) is 0 Å². The normalized spacial score (nSPS) is 16.7. The van der Waals surface area contributed by atoms with Crippen LogP contribution < -0.4 is 24.8 Å². The van der Waals surface area contributed by atoms with E-state index in [9.17, 15) is 0 Å². The maximum atomic E-state index is 3.57. The Morgan fingerprint density at radius 2 is 0.759 bits per heavy atom. The summed E-state index contributed by atoms with van der Waals surface area (Å²) in [4.78, 5) is 0. The van der Waals surface area contributed by atoms with E-state index in [4.69, 9.17) is 0 Å². The number of hydrogen-bond acceptors (Lipinski definition) is 0. The van der Waals surface area contributed by atoms with Gasteiger partial charge in [0.2, 0.25) is 0 Å². The van der Waals surface area contributed by atoms with E-state index < -0.39 is 32.3 Å². The van der Waals surface area contributed by atoms with Crippen molar-refractivity contribution in [1.82, 2.24) is 0 Å². The number of allylic oxidation sites excluding steroid dienone is 8. The van der Waals surface area contributed by atoms with Crippen LogP contribution in [0.1, 0.15) is 12.8 Å². The minimum Gasteiger partial charge on any atom is -1.00 e. The van der Waals surface area contributed by atoms with Crippen molar-refractivity contribution in [3.05, 3.63) is 45.1 Å². The molecule has 0 atom stereocenters. The Kier molecular flexibility index (Phi) is 15.3. The van der Waals surface area contributed by atoms with E-state index in [0.29, 0.717) is 0 Å². The summed E-state index contributed by atoms with van der Waals surface area (Å²) < 4.78 is 0. The summed E-state index contributed by atoms with van der Waals surface area (Å²) in [6.45, 7) is 29.2. The fourth-order valence-electron chi connectivity index (χ4n) is 3.61. The Hall–Kier alpha value is 1.46. The van der Waals surface area contributed by atoms with Gasteiger partial charge in [-0.3, -0.25) is 12.2 Å². The molecule has 0 heterocycles. The number of rotatable bonds is 4. The fourth-order valence-corrected chi connectivity index (χ4v) is 14.3. The number of hydrogen-bond donors (Lipinski definition) is 0. The average molecular weight is 728 g/mol. The molecule has 0 aromatic rings. The Morgan fingerprint density at radius 1 is 0.517 bits per heavy atom. The quantitative estimate of drug-likeness (QED) is 0.306. The molecule has 0 aromatic heterocycles. The zero-order valence-electron chi connectivity index (χ0n) is 20.8. The van der Waals surface area contributed by atoms with Gasteiger partial charge in [0.15, 0.2) is 0 Å². The monoisotopic (exact) mass is 726 g/mol. The minimum absolute atomic E-state index is 0. The smallest absolute Gasteiger partial charge is 1.00 e. The Labute approximate surface area is 222 Å². The minimum atomic E-state index is -1.13. The van der Waals surface area contributed by atoms with Crippen molar-refractivity contribution in [3.8, 4) is 0 Å². The molecular weight excluding hydrogens is 686 g/mol. The summed E-state index contributed by atoms with van der Waals surface area (Å²) in [6, 6.07) is 0. The predicted octanol–water partition coefficient (Wildman–Crippen LogP) is 1.61. The largest absolute Gasteiger partial charge is 4.00 e. The van der Waals surface area contributed by atoms with Crippen LogP contribution in [0.15, 0.2) is 32.9 Å². The Morgan fingerprint density at radius 3 is 0.897 bits per heavy atom. The molecule has 0 aromatic carbocycles. The fraction of sp³-hybridized carbons (Fsp3) is 0.636. The van der Waals surface area contributed by atoms with E-state index in [1.54, 1.807) is 20.8 Å². The van der Waals surface area contributed by atoms with E-state index in [1.807, 2.05) is 0 Å². The first-order valence-electron chi connectivity index (χ1n) is 10.1. The van der Waals surface area contributed by atoms with Crippen molar-refractivity contribution < 1.29 is 55.9 Å². The second kappa shape index (κ2) is 12.6. The van der Waals surface area contributed by atoms with Crippen LogP contribution >= 0.6 is 0 Å². The van der Waals surface area contributed by atoms with Gasteiger partial charge in [-0.1, -0.05) is 78.6 Å². The summed E-state index contributed by atoms with van der Waals surface area (Å²) in [5, 5.41) is 6.61. The van der Waals surface area contributed by atoms with Gasteiger partial charge >= 0.3 is 31.1 Å². The molecular formula is C22H42Cl2Si4U. The maximum Gasteiger partial charge on any atom is 4.00 e. The van der Waals surface area contributed by atoms with Gasteiger partial charge in [-0.25, -0.2) is 20.8 Å². The van der Waals surface area contributed by atoms with Crippen molar-refractivity contribution in [3.63, 3.8) is 0 Å². The van der Waals surface area contributed by atoms with E-state index in [-0.39, 0.29) is 55.9 Å². The maximum absolute atomic E-state index is 3.57. The van der Waals surface area contributed by atoms with E-state index in [0.717, 1.165) is 12.8 Å². The summed E-state index contributed by atoms with van der Waals surface area (Å²) in [5.41, 5.74) is 0. The Bertz CT molecular complexity index is 536. The summed E-state index contributed by atoms with van der Waals surface area (Å²) >= 11 is 0. The molecule has 0 bridgehead atoms. The molecule has 0 saturated carbocycles. The number of halogens is 2. The van der Waals surface area contributed by atoms with E-state index in [2.05, 4.69) is 103 Å². The molecule has 0 radical (unpaired) electrons. The van der Waals surface area contributed by atoms with Crippen molar-refractivity contribution in [2.75, 3.05) is 0 Å². The van der Waals surface area contributed by atoms with Crippen molar-refractivity contribution >= 4 is 32.3 Å². The first kappa shape index (κ1) is 35.1. The molecule has 164 valence electrons. The molecule has 0 saturated heterocycles. The third kappa shape index (κ3) is 10.7. The van der Waals surface area contributed by atoms with Crippen LogP contribution in [0.25, 0.3) is 0 Å². The van der Waals surface area contributed by atoms with Gasteiger partial charge in [0.1, 0.15) is 0 Å². The summed E-state index contributed by atoms with van der Waals surface area (Å²) in [5.74, 6) is 0. The zero-order valence-corrected chi connectivity index (χ0v) is 30.5. The van der Waals surface area contributed by atoms with Crippen molar-refractivity contribution in [1.29, 1.82) is 0 Å². The molecule has 7 heteroatoms. The van der Waals surface area contributed by atoms with E-state index in [1.165, 1.54) is 0 Å². The molecule has 0 unspecified atom stereocenters. The molecule has 0 nitrogen and oxygen atoms in total. The topological polar surface area (TPSA) is 0 Å². The molecule has 2 aliphatic carbocycles. The van der Waals surface area contributed by atoms with Gasteiger partial charge in [0.25, 0.3) is 0 Å². The second-order valence-corrected chi connectivity index (χ2v) is 31.8. The Balaban J connectivity index is -0.000000422. The molecule has 29 heavy (non-hydrogen) atoms. The van der Waals surface area contributed by atoms with Crippen LogP contribution in [-0.4, -0.2) is 32.3 Å². The van der Waals surface area contributed by atoms with Crippen LogP contribution in [0, 0.1) is 43.3 Å². The average Bonchev–Trinajstić information content (AvgIpc) is 3.06. The van der Waals surface area contributed by atoms with Crippen LogP contribution in [0.5, 0.6) is 0 Å². The van der Waals surface area contributed by atoms with Gasteiger partial charge in [-0.2, -0.15) is 12.2 Å². The third-order valence-electron chi connectivity index (χ3n) is 4.82. The molecule has 0 aliphatic heterocycles. The molecule has 2 aliphatic rings. The van der Waals surface area contributed by atoms with Gasteiger partial charge in [-0.05, 0) is 16.1 Å². The van der Waals surface area contributed by atoms with Crippen LogP contribution in [0.3, 0.4) is 0 Å². The van der Waals surface area contributed by atoms with Gasteiger partial charge < -0.3 is 24.8 Å². The molecule has 0 amide bonds. The van der Waals surface area contributed by atoms with Gasteiger partial charge in [-0.15, -0.1) is 12.8 Å². The summed E-state index contributed by atoms with van der Waals surface area (Å²) in [6.07, 6.45) is 14.1. The molecule has 0 spiro atoms. The SMILES string of the molecule is C[Si](C)(C)C1=[C-]CC=C1[Si](C)(C)C.C[Si](C)(C)C1=[C-]CC=C1[Si](C)(C)C.[Cl-].[Cl-].[U+4]. The summed E-state index contributed by atoms with van der Waals surface area (Å²) in [7, 11) is -4.45. The third-order valence-corrected chi connectivity index (χ3v) is 13.4. The van der Waals surface area contributed by atoms with Crippen LogP contribution in [0.4, 0.5) is 0 Å². The molecule has 0 fully saturated rings. The second-order valence-electron chi connectivity index (χ2n) is 11.7.